The molecule has 0 bridgehead atoms. The zero-order chi connectivity index (χ0) is 20.1. The van der Waals surface area contributed by atoms with E-state index in [0.29, 0.717) is 22.2 Å². The molecule has 29 heavy (non-hydrogen) atoms. The van der Waals surface area contributed by atoms with E-state index in [4.69, 9.17) is 21.1 Å². The number of halogens is 1. The summed E-state index contributed by atoms with van der Waals surface area (Å²) in [6, 6.07) is 20.8. The first-order valence-electron chi connectivity index (χ1n) is 8.98. The smallest absolute Gasteiger partial charge is 0.262 e. The fourth-order valence-corrected chi connectivity index (χ4v) is 2.98. The maximum atomic E-state index is 12.2. The summed E-state index contributed by atoms with van der Waals surface area (Å²) in [6.45, 7) is 0.104. The van der Waals surface area contributed by atoms with Gasteiger partial charge in [0.1, 0.15) is 11.5 Å². The predicted octanol–water partition coefficient (Wildman–Crippen LogP) is 4.74. The minimum Gasteiger partial charge on any atom is -0.484 e. The SMILES string of the molecule is O=C(COc1ccc2ccccc2c1)Nc1cnn(COc2cccc(Cl)c2)c1. The Morgan fingerprint density at radius 3 is 2.66 bits per heavy atom. The number of nitrogens with zero attached hydrogens (tertiary/aromatic N) is 2. The number of anilines is 1. The monoisotopic (exact) mass is 407 g/mol. The normalized spacial score (nSPS) is 10.7. The summed E-state index contributed by atoms with van der Waals surface area (Å²) in [7, 11) is 0. The number of rotatable bonds is 7. The summed E-state index contributed by atoms with van der Waals surface area (Å²) in [4.78, 5) is 12.2. The molecule has 1 N–H and O–H groups in total. The van der Waals surface area contributed by atoms with Crippen LogP contribution in [-0.2, 0) is 11.5 Å². The Labute approximate surface area is 172 Å². The van der Waals surface area contributed by atoms with Gasteiger partial charge in [-0.05, 0) is 41.1 Å². The molecular formula is C22H18ClN3O3. The van der Waals surface area contributed by atoms with E-state index in [2.05, 4.69) is 10.4 Å². The van der Waals surface area contributed by atoms with Gasteiger partial charge in [-0.15, -0.1) is 0 Å². The lowest BCUT2D eigenvalue weighted by Gasteiger charge is -2.07. The molecule has 4 aromatic rings. The third-order valence-corrected chi connectivity index (χ3v) is 4.40. The molecular weight excluding hydrogens is 390 g/mol. The van der Waals surface area contributed by atoms with E-state index < -0.39 is 0 Å². The Bertz CT molecular complexity index is 1140. The van der Waals surface area contributed by atoms with Crippen LogP contribution in [0.2, 0.25) is 5.02 Å². The molecule has 0 aliphatic rings. The van der Waals surface area contributed by atoms with E-state index in [1.165, 1.54) is 0 Å². The first-order chi connectivity index (χ1) is 14.2. The van der Waals surface area contributed by atoms with Gasteiger partial charge in [-0.3, -0.25) is 4.79 Å². The van der Waals surface area contributed by atoms with Crippen molar-refractivity contribution in [1.82, 2.24) is 9.78 Å². The number of hydrogen-bond acceptors (Lipinski definition) is 4. The average Bonchev–Trinajstić information content (AvgIpc) is 3.18. The molecule has 0 aliphatic heterocycles. The third-order valence-electron chi connectivity index (χ3n) is 4.17. The molecule has 0 radical (unpaired) electrons. The van der Waals surface area contributed by atoms with Crippen LogP contribution in [-0.4, -0.2) is 22.3 Å². The summed E-state index contributed by atoms with van der Waals surface area (Å²) in [5.41, 5.74) is 0.562. The van der Waals surface area contributed by atoms with Crippen molar-refractivity contribution in [3.63, 3.8) is 0 Å². The largest absolute Gasteiger partial charge is 0.484 e. The van der Waals surface area contributed by atoms with Crippen LogP contribution in [0.1, 0.15) is 0 Å². The molecule has 4 rings (SSSR count). The number of nitrogens with one attached hydrogen (secondary N) is 1. The van der Waals surface area contributed by atoms with Crippen molar-refractivity contribution in [1.29, 1.82) is 0 Å². The van der Waals surface area contributed by atoms with Gasteiger partial charge in [-0.25, -0.2) is 4.68 Å². The topological polar surface area (TPSA) is 65.4 Å². The number of hydrogen-bond donors (Lipinski definition) is 1. The number of fused-ring (bicyclic) bond motifs is 1. The van der Waals surface area contributed by atoms with Gasteiger partial charge in [0, 0.05) is 5.02 Å². The second kappa shape index (κ2) is 8.67. The fraction of sp³-hybridized carbons (Fsp3) is 0.0909. The van der Waals surface area contributed by atoms with Gasteiger partial charge in [0.2, 0.25) is 0 Å². The van der Waals surface area contributed by atoms with Gasteiger partial charge in [0.05, 0.1) is 18.1 Å². The highest BCUT2D eigenvalue weighted by Crippen LogP contribution is 2.21. The van der Waals surface area contributed by atoms with Gasteiger partial charge < -0.3 is 14.8 Å². The second-order valence-electron chi connectivity index (χ2n) is 6.35. The lowest BCUT2D eigenvalue weighted by atomic mass is 10.1. The first-order valence-corrected chi connectivity index (χ1v) is 9.36. The zero-order valence-electron chi connectivity index (χ0n) is 15.4. The summed E-state index contributed by atoms with van der Waals surface area (Å²) in [6.07, 6.45) is 3.23. The number of aromatic nitrogens is 2. The molecule has 0 unspecified atom stereocenters. The Hall–Kier alpha value is -3.51. The lowest BCUT2D eigenvalue weighted by molar-refractivity contribution is -0.118. The van der Waals surface area contributed by atoms with Crippen LogP contribution in [0.25, 0.3) is 10.8 Å². The van der Waals surface area contributed by atoms with Crippen LogP contribution in [0.15, 0.2) is 79.1 Å². The van der Waals surface area contributed by atoms with Gasteiger partial charge in [-0.1, -0.05) is 48.0 Å². The van der Waals surface area contributed by atoms with E-state index in [1.54, 1.807) is 29.2 Å². The van der Waals surface area contributed by atoms with Crippen LogP contribution < -0.4 is 14.8 Å². The second-order valence-corrected chi connectivity index (χ2v) is 6.78. The van der Waals surface area contributed by atoms with Crippen molar-refractivity contribution < 1.29 is 14.3 Å². The molecule has 1 heterocycles. The van der Waals surface area contributed by atoms with E-state index in [9.17, 15) is 4.79 Å². The van der Waals surface area contributed by atoms with Crippen molar-refractivity contribution in [3.05, 3.63) is 84.1 Å². The van der Waals surface area contributed by atoms with Crippen LogP contribution in [0.5, 0.6) is 11.5 Å². The Morgan fingerprint density at radius 2 is 1.79 bits per heavy atom. The molecule has 3 aromatic carbocycles. The summed E-state index contributed by atoms with van der Waals surface area (Å²) >= 11 is 5.93. The number of ether oxygens (including phenoxy) is 2. The van der Waals surface area contributed by atoms with E-state index >= 15 is 0 Å². The van der Waals surface area contributed by atoms with Gasteiger partial charge >= 0.3 is 0 Å². The van der Waals surface area contributed by atoms with Gasteiger partial charge in [0.15, 0.2) is 13.3 Å². The molecule has 0 spiro atoms. The quantitative estimate of drug-likeness (QED) is 0.480. The molecule has 1 aromatic heterocycles. The minimum absolute atomic E-state index is 0.0947. The summed E-state index contributed by atoms with van der Waals surface area (Å²) in [5, 5.41) is 9.70. The summed E-state index contributed by atoms with van der Waals surface area (Å²) < 4.78 is 12.8. The summed E-state index contributed by atoms with van der Waals surface area (Å²) in [5.74, 6) is 1.01. The van der Waals surface area contributed by atoms with Crippen LogP contribution in [0, 0.1) is 0 Å². The third kappa shape index (κ3) is 5.06. The Kier molecular flexibility index (Phi) is 5.63. The van der Waals surface area contributed by atoms with Crippen LogP contribution in [0.4, 0.5) is 5.69 Å². The van der Waals surface area contributed by atoms with Gasteiger partial charge in [-0.2, -0.15) is 5.10 Å². The molecule has 146 valence electrons. The highest BCUT2D eigenvalue weighted by atomic mass is 35.5. The highest BCUT2D eigenvalue weighted by Gasteiger charge is 2.07. The van der Waals surface area contributed by atoms with Crippen molar-refractivity contribution >= 4 is 34.0 Å². The van der Waals surface area contributed by atoms with Crippen molar-refractivity contribution in [2.24, 2.45) is 0 Å². The molecule has 0 aliphatic carbocycles. The maximum absolute atomic E-state index is 12.2. The fourth-order valence-electron chi connectivity index (χ4n) is 2.80. The van der Waals surface area contributed by atoms with E-state index in [1.807, 2.05) is 54.6 Å². The first kappa shape index (κ1) is 18.8. The Balaban J connectivity index is 1.28. The Morgan fingerprint density at radius 1 is 0.966 bits per heavy atom. The average molecular weight is 408 g/mol. The minimum atomic E-state index is -0.270. The molecule has 0 atom stereocenters. The molecule has 1 amide bonds. The number of carbonyl (C=O) groups is 1. The van der Waals surface area contributed by atoms with Crippen molar-refractivity contribution in [3.8, 4) is 11.5 Å². The number of amides is 1. The lowest BCUT2D eigenvalue weighted by Crippen LogP contribution is -2.19. The standard InChI is InChI=1S/C22H18ClN3O3/c23-18-6-3-7-20(11-18)29-15-26-13-19(12-24-26)25-22(27)14-28-21-9-8-16-4-1-2-5-17(16)10-21/h1-13H,14-15H2,(H,25,27). The molecule has 7 heteroatoms. The van der Waals surface area contributed by atoms with Crippen LogP contribution >= 0.6 is 11.6 Å². The van der Waals surface area contributed by atoms with E-state index in [-0.39, 0.29) is 19.2 Å². The van der Waals surface area contributed by atoms with E-state index in [0.717, 1.165) is 10.8 Å². The number of carbonyl (C=O) groups excluding carboxylic acids is 1. The predicted molar refractivity (Wildman–Crippen MR) is 112 cm³/mol. The molecule has 0 saturated heterocycles. The molecule has 0 fully saturated rings. The maximum Gasteiger partial charge on any atom is 0.262 e. The molecule has 0 saturated carbocycles. The van der Waals surface area contributed by atoms with Crippen molar-refractivity contribution in [2.75, 3.05) is 11.9 Å². The molecule has 6 nitrogen and oxygen atoms in total. The van der Waals surface area contributed by atoms with Crippen molar-refractivity contribution in [2.45, 2.75) is 6.73 Å². The van der Waals surface area contributed by atoms with Crippen LogP contribution in [0.3, 0.4) is 0 Å². The number of benzene rings is 3. The van der Waals surface area contributed by atoms with Gasteiger partial charge in [0.25, 0.3) is 5.91 Å². The highest BCUT2D eigenvalue weighted by molar-refractivity contribution is 6.30. The zero-order valence-corrected chi connectivity index (χ0v) is 16.2.